The number of aromatic nitrogens is 3. The van der Waals surface area contributed by atoms with Crippen molar-refractivity contribution in [3.05, 3.63) is 5.82 Å². The van der Waals surface area contributed by atoms with Crippen molar-refractivity contribution in [1.29, 1.82) is 0 Å². The number of hydrogen-bond donors (Lipinski definition) is 2. The third-order valence-corrected chi connectivity index (χ3v) is 4.01. The summed E-state index contributed by atoms with van der Waals surface area (Å²) in [7, 11) is 0. The molecule has 3 N–H and O–H groups in total. The molecule has 0 saturated heterocycles. The summed E-state index contributed by atoms with van der Waals surface area (Å²) in [5, 5.41) is 11.7. The van der Waals surface area contributed by atoms with Crippen molar-refractivity contribution in [1.82, 2.24) is 20.1 Å². The molecule has 20 heavy (non-hydrogen) atoms. The van der Waals surface area contributed by atoms with Crippen LogP contribution in [0.15, 0.2) is 5.16 Å². The minimum atomic E-state index is -0.192. The topological polar surface area (TPSA) is 85.8 Å². The van der Waals surface area contributed by atoms with Crippen LogP contribution in [0.5, 0.6) is 0 Å². The van der Waals surface area contributed by atoms with Crippen LogP contribution in [0.4, 0.5) is 0 Å². The van der Waals surface area contributed by atoms with Gasteiger partial charge in [-0.05, 0) is 26.2 Å². The second-order valence-electron chi connectivity index (χ2n) is 5.20. The third kappa shape index (κ3) is 5.13. The second-order valence-corrected chi connectivity index (χ2v) is 6.51. The summed E-state index contributed by atoms with van der Waals surface area (Å²) in [5.41, 5.74) is 5.58. The first-order valence-corrected chi connectivity index (χ1v) is 7.88. The van der Waals surface area contributed by atoms with Gasteiger partial charge in [-0.2, -0.15) is 0 Å². The number of nitrogens with one attached hydrogen (secondary N) is 1. The predicted molar refractivity (Wildman–Crippen MR) is 81.6 cm³/mol. The molecule has 1 aromatic heterocycles. The third-order valence-electron chi connectivity index (χ3n) is 2.93. The maximum absolute atomic E-state index is 12.0. The SMILES string of the molecule is Cc1nnc(SC(C)C(=O)NCCC(C)C)n1CCN. The highest BCUT2D eigenvalue weighted by Gasteiger charge is 2.18. The van der Waals surface area contributed by atoms with Gasteiger partial charge in [0.05, 0.1) is 5.25 Å². The summed E-state index contributed by atoms with van der Waals surface area (Å²) in [6, 6.07) is 0. The van der Waals surface area contributed by atoms with Crippen molar-refractivity contribution >= 4 is 17.7 Å². The number of nitrogens with zero attached hydrogens (tertiary/aromatic N) is 3. The number of amides is 1. The molecule has 0 bridgehead atoms. The zero-order valence-electron chi connectivity index (χ0n) is 12.7. The fourth-order valence-corrected chi connectivity index (χ4v) is 2.62. The Morgan fingerprint density at radius 1 is 1.40 bits per heavy atom. The molecule has 0 aromatic carbocycles. The Labute approximate surface area is 124 Å². The maximum atomic E-state index is 12.0. The Balaban J connectivity index is 2.52. The van der Waals surface area contributed by atoms with Gasteiger partial charge in [0.2, 0.25) is 5.91 Å². The van der Waals surface area contributed by atoms with Gasteiger partial charge in [-0.25, -0.2) is 0 Å². The summed E-state index contributed by atoms with van der Waals surface area (Å²) in [4.78, 5) is 12.0. The van der Waals surface area contributed by atoms with Crippen molar-refractivity contribution in [2.75, 3.05) is 13.1 Å². The molecule has 114 valence electrons. The van der Waals surface area contributed by atoms with Gasteiger partial charge in [-0.3, -0.25) is 4.79 Å². The molecule has 0 spiro atoms. The fourth-order valence-electron chi connectivity index (χ4n) is 1.67. The second kappa shape index (κ2) is 8.26. The van der Waals surface area contributed by atoms with Crippen LogP contribution in [0, 0.1) is 12.8 Å². The smallest absolute Gasteiger partial charge is 0.233 e. The van der Waals surface area contributed by atoms with Crippen LogP contribution in [-0.4, -0.2) is 39.0 Å². The Hall–Kier alpha value is -1.08. The number of thioether (sulfide) groups is 1. The van der Waals surface area contributed by atoms with Crippen LogP contribution in [0.3, 0.4) is 0 Å². The lowest BCUT2D eigenvalue weighted by Gasteiger charge is -2.13. The molecule has 1 unspecified atom stereocenters. The van der Waals surface area contributed by atoms with Crippen LogP contribution >= 0.6 is 11.8 Å². The molecule has 7 heteroatoms. The highest BCUT2D eigenvalue weighted by atomic mass is 32.2. The molecule has 0 saturated carbocycles. The van der Waals surface area contributed by atoms with Gasteiger partial charge in [0, 0.05) is 19.6 Å². The van der Waals surface area contributed by atoms with E-state index in [-0.39, 0.29) is 11.2 Å². The normalized spacial score (nSPS) is 12.7. The van der Waals surface area contributed by atoms with Crippen LogP contribution < -0.4 is 11.1 Å². The molecular weight excluding hydrogens is 274 g/mol. The molecule has 1 rings (SSSR count). The number of nitrogens with two attached hydrogens (primary N) is 1. The summed E-state index contributed by atoms with van der Waals surface area (Å²) >= 11 is 1.42. The van der Waals surface area contributed by atoms with Gasteiger partial charge in [-0.1, -0.05) is 25.6 Å². The summed E-state index contributed by atoms with van der Waals surface area (Å²) in [5.74, 6) is 1.45. The Bertz CT molecular complexity index is 432. The van der Waals surface area contributed by atoms with Gasteiger partial charge in [0.1, 0.15) is 5.82 Å². The van der Waals surface area contributed by atoms with E-state index in [1.165, 1.54) is 11.8 Å². The van der Waals surface area contributed by atoms with Crippen molar-refractivity contribution in [3.8, 4) is 0 Å². The van der Waals surface area contributed by atoms with Gasteiger partial charge in [-0.15, -0.1) is 10.2 Å². The van der Waals surface area contributed by atoms with E-state index in [1.807, 2.05) is 18.4 Å². The Morgan fingerprint density at radius 2 is 2.10 bits per heavy atom. The van der Waals surface area contributed by atoms with Gasteiger partial charge < -0.3 is 15.6 Å². The van der Waals surface area contributed by atoms with E-state index < -0.39 is 0 Å². The minimum Gasteiger partial charge on any atom is -0.355 e. The van der Waals surface area contributed by atoms with Gasteiger partial charge in [0.25, 0.3) is 0 Å². The van der Waals surface area contributed by atoms with E-state index in [2.05, 4.69) is 29.4 Å². The highest BCUT2D eigenvalue weighted by molar-refractivity contribution is 8.00. The summed E-state index contributed by atoms with van der Waals surface area (Å²) < 4.78 is 1.95. The quantitative estimate of drug-likeness (QED) is 0.704. The number of rotatable bonds is 8. The number of hydrogen-bond acceptors (Lipinski definition) is 5. The molecule has 1 heterocycles. The Morgan fingerprint density at radius 3 is 2.70 bits per heavy atom. The Kier molecular flexibility index (Phi) is 7.01. The zero-order chi connectivity index (χ0) is 15.1. The number of carbonyl (C=O) groups is 1. The average Bonchev–Trinajstić information content (AvgIpc) is 2.71. The lowest BCUT2D eigenvalue weighted by molar-refractivity contribution is -0.120. The molecule has 0 fully saturated rings. The first-order chi connectivity index (χ1) is 9.45. The summed E-state index contributed by atoms with van der Waals surface area (Å²) in [6.45, 7) is 9.97. The first-order valence-electron chi connectivity index (χ1n) is 7.00. The molecule has 0 radical (unpaired) electrons. The van der Waals surface area contributed by atoms with Crippen molar-refractivity contribution in [2.45, 2.75) is 51.1 Å². The van der Waals surface area contributed by atoms with Crippen LogP contribution in [0.25, 0.3) is 0 Å². The molecule has 0 aliphatic rings. The van der Waals surface area contributed by atoms with Gasteiger partial charge in [0.15, 0.2) is 5.16 Å². The standard InChI is InChI=1S/C13H25N5OS/c1-9(2)5-7-15-12(19)10(3)20-13-17-16-11(4)18(13)8-6-14/h9-10H,5-8,14H2,1-4H3,(H,15,19). The monoisotopic (exact) mass is 299 g/mol. The van der Waals surface area contributed by atoms with E-state index in [9.17, 15) is 4.79 Å². The van der Waals surface area contributed by atoms with Crippen molar-refractivity contribution in [2.24, 2.45) is 11.7 Å². The molecule has 6 nitrogen and oxygen atoms in total. The highest BCUT2D eigenvalue weighted by Crippen LogP contribution is 2.22. The van der Waals surface area contributed by atoms with E-state index in [1.54, 1.807) is 0 Å². The van der Waals surface area contributed by atoms with E-state index >= 15 is 0 Å². The lowest BCUT2D eigenvalue weighted by Crippen LogP contribution is -2.32. The van der Waals surface area contributed by atoms with Gasteiger partial charge >= 0.3 is 0 Å². The zero-order valence-corrected chi connectivity index (χ0v) is 13.5. The molecule has 1 atom stereocenters. The molecular formula is C13H25N5OS. The van der Waals surface area contributed by atoms with E-state index in [4.69, 9.17) is 5.73 Å². The number of carbonyl (C=O) groups excluding carboxylic acids is 1. The predicted octanol–water partition coefficient (Wildman–Crippen LogP) is 1.19. The van der Waals surface area contributed by atoms with E-state index in [0.29, 0.717) is 19.0 Å². The number of aryl methyl sites for hydroxylation is 1. The summed E-state index contributed by atoms with van der Waals surface area (Å²) in [6.07, 6.45) is 0.992. The molecule has 1 aromatic rings. The minimum absolute atomic E-state index is 0.0376. The van der Waals surface area contributed by atoms with Crippen LogP contribution in [-0.2, 0) is 11.3 Å². The molecule has 0 aliphatic heterocycles. The first kappa shape index (κ1) is 17.0. The van der Waals surface area contributed by atoms with Crippen LogP contribution in [0.1, 0.15) is 33.0 Å². The average molecular weight is 299 g/mol. The fraction of sp³-hybridized carbons (Fsp3) is 0.769. The molecule has 1 amide bonds. The van der Waals surface area contributed by atoms with Crippen LogP contribution in [0.2, 0.25) is 0 Å². The molecule has 0 aliphatic carbocycles. The van der Waals surface area contributed by atoms with Crippen molar-refractivity contribution < 1.29 is 4.79 Å². The largest absolute Gasteiger partial charge is 0.355 e. The maximum Gasteiger partial charge on any atom is 0.233 e. The van der Waals surface area contributed by atoms with E-state index in [0.717, 1.165) is 23.9 Å². The van der Waals surface area contributed by atoms with Crippen molar-refractivity contribution in [3.63, 3.8) is 0 Å². The lowest BCUT2D eigenvalue weighted by atomic mass is 10.1.